The Balaban J connectivity index is 1.94. The summed E-state index contributed by atoms with van der Waals surface area (Å²) in [4.78, 5) is 6.72. The standard InChI is InChI=1S/C21H28N2O2/c1-23(2)14-7-15-25-21-11-10-20(24-3)16-19(21)17-22-13-12-18-8-5-4-6-9-18/h4-6,8-11,16-17H,7,12-15H2,1-3H3. The number of aliphatic imine (C=N–C) groups is 1. The maximum Gasteiger partial charge on any atom is 0.128 e. The van der Waals surface area contributed by atoms with Crippen molar-refractivity contribution in [3.05, 3.63) is 59.7 Å². The van der Waals surface area contributed by atoms with E-state index in [1.807, 2.05) is 30.5 Å². The summed E-state index contributed by atoms with van der Waals surface area (Å²) < 4.78 is 11.2. The molecule has 0 atom stereocenters. The molecule has 0 amide bonds. The Morgan fingerprint density at radius 3 is 2.60 bits per heavy atom. The smallest absolute Gasteiger partial charge is 0.128 e. The average molecular weight is 340 g/mol. The lowest BCUT2D eigenvalue weighted by Gasteiger charge is -2.12. The van der Waals surface area contributed by atoms with E-state index < -0.39 is 0 Å². The monoisotopic (exact) mass is 340 g/mol. The minimum absolute atomic E-state index is 0.690. The lowest BCUT2D eigenvalue weighted by molar-refractivity contribution is 0.281. The molecule has 0 aliphatic rings. The molecular weight excluding hydrogens is 312 g/mol. The molecule has 134 valence electrons. The number of ether oxygens (including phenoxy) is 2. The van der Waals surface area contributed by atoms with E-state index in [0.29, 0.717) is 6.61 Å². The molecule has 0 unspecified atom stereocenters. The second kappa shape index (κ2) is 10.5. The fourth-order valence-electron chi connectivity index (χ4n) is 2.45. The molecule has 0 bridgehead atoms. The summed E-state index contributed by atoms with van der Waals surface area (Å²) in [5.41, 5.74) is 2.25. The Kier molecular flexibility index (Phi) is 7.99. The maximum absolute atomic E-state index is 5.93. The van der Waals surface area contributed by atoms with E-state index in [9.17, 15) is 0 Å². The van der Waals surface area contributed by atoms with Gasteiger partial charge in [-0.3, -0.25) is 4.99 Å². The third-order valence-electron chi connectivity index (χ3n) is 3.83. The Morgan fingerprint density at radius 2 is 1.88 bits per heavy atom. The van der Waals surface area contributed by atoms with E-state index >= 15 is 0 Å². The first-order valence-electron chi connectivity index (χ1n) is 8.68. The van der Waals surface area contributed by atoms with Gasteiger partial charge in [0.2, 0.25) is 0 Å². The molecule has 0 saturated heterocycles. The van der Waals surface area contributed by atoms with Crippen LogP contribution >= 0.6 is 0 Å². The molecule has 4 nitrogen and oxygen atoms in total. The molecule has 2 aromatic rings. The van der Waals surface area contributed by atoms with Crippen LogP contribution in [0, 0.1) is 0 Å². The topological polar surface area (TPSA) is 34.1 Å². The van der Waals surface area contributed by atoms with Crippen LogP contribution in [-0.4, -0.2) is 52.0 Å². The lowest BCUT2D eigenvalue weighted by Crippen LogP contribution is -2.15. The lowest BCUT2D eigenvalue weighted by atomic mass is 10.1. The zero-order chi connectivity index (χ0) is 17.9. The molecule has 0 aliphatic heterocycles. The van der Waals surface area contributed by atoms with E-state index in [2.05, 4.69) is 48.3 Å². The zero-order valence-electron chi connectivity index (χ0n) is 15.4. The van der Waals surface area contributed by atoms with Gasteiger partial charge in [0.05, 0.1) is 13.7 Å². The van der Waals surface area contributed by atoms with E-state index in [1.54, 1.807) is 7.11 Å². The van der Waals surface area contributed by atoms with Crippen LogP contribution in [0.15, 0.2) is 53.5 Å². The summed E-state index contributed by atoms with van der Waals surface area (Å²) in [6, 6.07) is 16.2. The minimum atomic E-state index is 0.690. The van der Waals surface area contributed by atoms with Gasteiger partial charge in [0.1, 0.15) is 11.5 Å². The zero-order valence-corrected chi connectivity index (χ0v) is 15.4. The first-order chi connectivity index (χ1) is 12.2. The van der Waals surface area contributed by atoms with Gasteiger partial charge in [0.25, 0.3) is 0 Å². The van der Waals surface area contributed by atoms with Crippen molar-refractivity contribution in [3.63, 3.8) is 0 Å². The number of hydrogen-bond acceptors (Lipinski definition) is 4. The Morgan fingerprint density at radius 1 is 1.08 bits per heavy atom. The molecule has 2 aromatic carbocycles. The summed E-state index contributed by atoms with van der Waals surface area (Å²) in [6.45, 7) is 2.45. The van der Waals surface area contributed by atoms with Crippen molar-refractivity contribution < 1.29 is 9.47 Å². The number of benzene rings is 2. The molecule has 0 radical (unpaired) electrons. The highest BCUT2D eigenvalue weighted by molar-refractivity contribution is 5.84. The van der Waals surface area contributed by atoms with Crippen molar-refractivity contribution in [2.45, 2.75) is 12.8 Å². The molecule has 0 N–H and O–H groups in total. The second-order valence-corrected chi connectivity index (χ2v) is 6.18. The van der Waals surface area contributed by atoms with Gasteiger partial charge >= 0.3 is 0 Å². The number of rotatable bonds is 10. The van der Waals surface area contributed by atoms with Gasteiger partial charge in [-0.05, 0) is 50.7 Å². The normalized spacial score (nSPS) is 11.2. The number of methoxy groups -OCH3 is 1. The van der Waals surface area contributed by atoms with Gasteiger partial charge in [-0.15, -0.1) is 0 Å². The summed E-state index contributed by atoms with van der Waals surface area (Å²) in [5, 5.41) is 0. The predicted molar refractivity (Wildman–Crippen MR) is 104 cm³/mol. The van der Waals surface area contributed by atoms with Crippen LogP contribution in [0.1, 0.15) is 17.5 Å². The fraction of sp³-hybridized carbons (Fsp3) is 0.381. The van der Waals surface area contributed by atoms with Crippen LogP contribution in [0.3, 0.4) is 0 Å². The Labute approximate surface area is 151 Å². The van der Waals surface area contributed by atoms with Gasteiger partial charge in [0, 0.05) is 24.9 Å². The van der Waals surface area contributed by atoms with Crippen molar-refractivity contribution in [3.8, 4) is 11.5 Å². The third-order valence-corrected chi connectivity index (χ3v) is 3.83. The molecule has 25 heavy (non-hydrogen) atoms. The highest BCUT2D eigenvalue weighted by atomic mass is 16.5. The van der Waals surface area contributed by atoms with Crippen molar-refractivity contribution in [2.75, 3.05) is 40.9 Å². The first-order valence-corrected chi connectivity index (χ1v) is 8.68. The molecule has 4 heteroatoms. The van der Waals surface area contributed by atoms with Gasteiger partial charge in [0.15, 0.2) is 0 Å². The molecule has 0 heterocycles. The van der Waals surface area contributed by atoms with Crippen molar-refractivity contribution in [1.82, 2.24) is 4.90 Å². The van der Waals surface area contributed by atoms with Crippen LogP contribution in [0.4, 0.5) is 0 Å². The van der Waals surface area contributed by atoms with Gasteiger partial charge in [-0.25, -0.2) is 0 Å². The van der Waals surface area contributed by atoms with Gasteiger partial charge in [-0.2, -0.15) is 0 Å². The van der Waals surface area contributed by atoms with Crippen LogP contribution in [0.2, 0.25) is 0 Å². The molecule has 0 fully saturated rings. The van der Waals surface area contributed by atoms with Crippen molar-refractivity contribution in [1.29, 1.82) is 0 Å². The predicted octanol–water partition coefficient (Wildman–Crippen LogP) is 3.69. The summed E-state index contributed by atoms with van der Waals surface area (Å²) in [6.07, 6.45) is 3.80. The average Bonchev–Trinajstić information content (AvgIpc) is 2.63. The van der Waals surface area contributed by atoms with Crippen LogP contribution in [0.25, 0.3) is 0 Å². The minimum Gasteiger partial charge on any atom is -0.497 e. The summed E-state index contributed by atoms with van der Waals surface area (Å²) >= 11 is 0. The highest BCUT2D eigenvalue weighted by Crippen LogP contribution is 2.23. The van der Waals surface area contributed by atoms with Crippen molar-refractivity contribution >= 4 is 6.21 Å². The molecule has 2 rings (SSSR count). The maximum atomic E-state index is 5.93. The summed E-state index contributed by atoms with van der Waals surface area (Å²) in [7, 11) is 5.81. The van der Waals surface area contributed by atoms with Gasteiger partial charge in [-0.1, -0.05) is 30.3 Å². The highest BCUT2D eigenvalue weighted by Gasteiger charge is 2.04. The van der Waals surface area contributed by atoms with Crippen LogP contribution in [-0.2, 0) is 6.42 Å². The van der Waals surface area contributed by atoms with Crippen LogP contribution in [0.5, 0.6) is 11.5 Å². The SMILES string of the molecule is COc1ccc(OCCCN(C)C)c(C=NCCc2ccccc2)c1. The molecule has 0 aliphatic carbocycles. The second-order valence-electron chi connectivity index (χ2n) is 6.18. The van der Waals surface area contributed by atoms with Crippen LogP contribution < -0.4 is 9.47 Å². The largest absolute Gasteiger partial charge is 0.497 e. The molecule has 0 saturated carbocycles. The van der Waals surface area contributed by atoms with E-state index in [0.717, 1.165) is 43.0 Å². The third kappa shape index (κ3) is 6.98. The Bertz CT molecular complexity index is 654. The number of hydrogen-bond donors (Lipinski definition) is 0. The van der Waals surface area contributed by atoms with E-state index in [1.165, 1.54) is 5.56 Å². The molecular formula is C21H28N2O2. The molecule has 0 aromatic heterocycles. The van der Waals surface area contributed by atoms with Gasteiger partial charge < -0.3 is 14.4 Å². The summed E-state index contributed by atoms with van der Waals surface area (Å²) in [5.74, 6) is 1.66. The Hall–Kier alpha value is -2.33. The fourth-order valence-corrected chi connectivity index (χ4v) is 2.45. The van der Waals surface area contributed by atoms with E-state index in [4.69, 9.17) is 9.47 Å². The van der Waals surface area contributed by atoms with E-state index in [-0.39, 0.29) is 0 Å². The quantitative estimate of drug-likeness (QED) is 0.489. The van der Waals surface area contributed by atoms with Crippen molar-refractivity contribution in [2.24, 2.45) is 4.99 Å². The number of nitrogens with zero attached hydrogens (tertiary/aromatic N) is 2. The molecule has 0 spiro atoms. The first kappa shape index (κ1) is 19.0.